The summed E-state index contributed by atoms with van der Waals surface area (Å²) in [5.41, 5.74) is 0.885. The Morgan fingerprint density at radius 1 is 1.37 bits per heavy atom. The molecule has 2 aromatic rings. The third kappa shape index (κ3) is 5.93. The molecule has 3 rings (SSSR count). The van der Waals surface area contributed by atoms with Crippen LogP contribution in [0.3, 0.4) is 0 Å². The number of nitrogens with zero attached hydrogens (tertiary/aromatic N) is 2. The van der Waals surface area contributed by atoms with Gasteiger partial charge in [0.05, 0.1) is 43.8 Å². The first-order chi connectivity index (χ1) is 16.8. The topological polar surface area (TPSA) is 110 Å². The lowest BCUT2D eigenvalue weighted by atomic mass is 10.2. The van der Waals surface area contributed by atoms with E-state index in [4.69, 9.17) is 27.5 Å². The number of carbonyl (C=O) groups is 2. The minimum Gasteiger partial charge on any atom is -0.494 e. The van der Waals surface area contributed by atoms with Gasteiger partial charge in [0, 0.05) is 22.9 Å². The second-order valence-corrected chi connectivity index (χ2v) is 8.12. The highest BCUT2D eigenvalue weighted by Gasteiger charge is 2.33. The number of pyridine rings is 1. The highest BCUT2D eigenvalue weighted by atomic mass is 35.5. The number of hydrogen-bond donors (Lipinski definition) is 2. The molecule has 2 N–H and O–H groups in total. The van der Waals surface area contributed by atoms with Crippen LogP contribution >= 0.6 is 11.6 Å². The average Bonchev–Trinajstić information content (AvgIpc) is 3.23. The summed E-state index contributed by atoms with van der Waals surface area (Å²) in [7, 11) is 1.45. The lowest BCUT2D eigenvalue weighted by Crippen LogP contribution is -2.35. The predicted molar refractivity (Wildman–Crippen MR) is 132 cm³/mol. The molecule has 0 unspecified atom stereocenters. The number of ether oxygens (including phenoxy) is 2. The number of hydrogen-bond acceptors (Lipinski definition) is 6. The molecule has 1 saturated heterocycles. The minimum atomic E-state index is -0.606. The van der Waals surface area contributed by atoms with E-state index in [2.05, 4.69) is 11.2 Å². The van der Waals surface area contributed by atoms with E-state index in [9.17, 15) is 19.5 Å². The average molecular weight is 498 g/mol. The van der Waals surface area contributed by atoms with E-state index in [-0.39, 0.29) is 36.4 Å². The highest BCUT2D eigenvalue weighted by molar-refractivity contribution is 6.29. The third-order valence-corrected chi connectivity index (χ3v) is 5.30. The van der Waals surface area contributed by atoms with Gasteiger partial charge in [-0.25, -0.2) is 4.79 Å². The van der Waals surface area contributed by atoms with Crippen molar-refractivity contribution in [2.45, 2.75) is 19.6 Å². The Kier molecular flexibility index (Phi) is 8.36. The van der Waals surface area contributed by atoms with Crippen LogP contribution in [-0.2, 0) is 16.1 Å². The van der Waals surface area contributed by atoms with Crippen molar-refractivity contribution in [3.8, 4) is 23.8 Å². The third-order valence-electron chi connectivity index (χ3n) is 5.18. The van der Waals surface area contributed by atoms with Gasteiger partial charge in [-0.15, -0.1) is 6.42 Å². The number of anilines is 1. The van der Waals surface area contributed by atoms with Gasteiger partial charge >= 0.3 is 6.09 Å². The van der Waals surface area contributed by atoms with Crippen molar-refractivity contribution in [3.63, 3.8) is 0 Å². The number of allylic oxidation sites excluding steroid dienone is 3. The number of aliphatic hydroxyl groups is 1. The maximum absolute atomic E-state index is 12.6. The van der Waals surface area contributed by atoms with E-state index in [1.54, 1.807) is 37.4 Å². The fraction of sp³-hybridized carbons (Fsp3) is 0.240. The number of nitrogens with one attached hydrogen (secondary N) is 1. The standard InChI is InChI=1S/C25H24ClN3O6/c1-4-17(8-7-16(2)26)23(31)27-13-20-14-29(25(33)35-20)19-9-10-21(22(12-19)34-3)28-11-5-6-18(15-30)24(28)32/h1,5-12,20,30H,13-15H2,2-3H3,(H,27,31)/b16-7+,17-8+/t20-/m0/s1. The second-order valence-electron chi connectivity index (χ2n) is 7.53. The zero-order valence-corrected chi connectivity index (χ0v) is 19.9. The normalized spacial score (nSPS) is 16.0. The molecule has 0 bridgehead atoms. The van der Waals surface area contributed by atoms with Gasteiger partial charge < -0.3 is 19.9 Å². The lowest BCUT2D eigenvalue weighted by Gasteiger charge is -2.17. The number of aromatic nitrogens is 1. The molecule has 1 aliphatic rings. The van der Waals surface area contributed by atoms with Crippen LogP contribution in [0.25, 0.3) is 5.69 Å². The number of benzene rings is 1. The largest absolute Gasteiger partial charge is 0.494 e. The van der Waals surface area contributed by atoms with Crippen molar-refractivity contribution < 1.29 is 24.2 Å². The number of aliphatic hydroxyl groups excluding tert-OH is 1. The van der Waals surface area contributed by atoms with Crippen LogP contribution in [0.5, 0.6) is 5.75 Å². The summed E-state index contributed by atoms with van der Waals surface area (Å²) >= 11 is 5.76. The number of terminal acetylenes is 1. The molecule has 182 valence electrons. The second kappa shape index (κ2) is 11.4. The Hall–Kier alpha value is -4.00. The zero-order chi connectivity index (χ0) is 25.5. The summed E-state index contributed by atoms with van der Waals surface area (Å²) in [6.45, 7) is 1.50. The maximum atomic E-state index is 12.6. The molecule has 1 fully saturated rings. The van der Waals surface area contributed by atoms with Crippen molar-refractivity contribution in [2.24, 2.45) is 0 Å². The molecule has 0 spiro atoms. The van der Waals surface area contributed by atoms with Crippen LogP contribution < -0.4 is 20.5 Å². The van der Waals surface area contributed by atoms with E-state index < -0.39 is 18.1 Å². The van der Waals surface area contributed by atoms with Crippen LogP contribution in [0.4, 0.5) is 10.5 Å². The Balaban J connectivity index is 1.75. The van der Waals surface area contributed by atoms with Crippen molar-refractivity contribution in [1.29, 1.82) is 0 Å². The van der Waals surface area contributed by atoms with Crippen LogP contribution in [0.15, 0.2) is 64.1 Å². The molecule has 1 atom stereocenters. The molecule has 2 amide bonds. The molecular formula is C25H24ClN3O6. The van der Waals surface area contributed by atoms with Crippen molar-refractivity contribution >= 4 is 29.3 Å². The first-order valence-electron chi connectivity index (χ1n) is 10.6. The maximum Gasteiger partial charge on any atom is 0.414 e. The number of methoxy groups -OCH3 is 1. The van der Waals surface area contributed by atoms with E-state index in [0.717, 1.165) is 0 Å². The summed E-state index contributed by atoms with van der Waals surface area (Å²) in [6.07, 6.45) is 8.69. The molecule has 2 heterocycles. The van der Waals surface area contributed by atoms with Gasteiger partial charge in [0.2, 0.25) is 0 Å². The Morgan fingerprint density at radius 2 is 2.14 bits per heavy atom. The predicted octanol–water partition coefficient (Wildman–Crippen LogP) is 2.48. The quantitative estimate of drug-likeness (QED) is 0.329. The molecule has 1 aromatic carbocycles. The molecule has 1 aromatic heterocycles. The first kappa shape index (κ1) is 25.6. The molecule has 0 aliphatic carbocycles. The van der Waals surface area contributed by atoms with Gasteiger partial charge in [0.15, 0.2) is 0 Å². The smallest absolute Gasteiger partial charge is 0.414 e. The molecule has 0 radical (unpaired) electrons. The van der Waals surface area contributed by atoms with E-state index >= 15 is 0 Å². The Bertz CT molecular complexity index is 1290. The van der Waals surface area contributed by atoms with Crippen molar-refractivity contribution in [3.05, 3.63) is 75.2 Å². The summed E-state index contributed by atoms with van der Waals surface area (Å²) in [5, 5.41) is 12.5. The van der Waals surface area contributed by atoms with E-state index in [0.29, 0.717) is 22.2 Å². The van der Waals surface area contributed by atoms with Gasteiger partial charge in [-0.2, -0.15) is 0 Å². The first-order valence-corrected chi connectivity index (χ1v) is 10.9. The number of amides is 2. The molecular weight excluding hydrogens is 474 g/mol. The molecule has 35 heavy (non-hydrogen) atoms. The SMILES string of the molecule is C#C/C(=C\C=C(/C)Cl)C(=O)NC[C@H]1CN(c2ccc(-n3cccc(CO)c3=O)c(OC)c2)C(=O)O1. The summed E-state index contributed by atoms with van der Waals surface area (Å²) in [6, 6.07) is 8.07. The van der Waals surface area contributed by atoms with Gasteiger partial charge in [0.25, 0.3) is 11.5 Å². The van der Waals surface area contributed by atoms with E-state index in [1.807, 2.05) is 0 Å². The number of rotatable bonds is 8. The number of cyclic esters (lactones) is 1. The van der Waals surface area contributed by atoms with Crippen molar-refractivity contribution in [2.75, 3.05) is 25.1 Å². The fourth-order valence-corrected chi connectivity index (χ4v) is 3.47. The van der Waals surface area contributed by atoms with Gasteiger partial charge in [-0.1, -0.05) is 17.5 Å². The van der Waals surface area contributed by atoms with Gasteiger partial charge in [0.1, 0.15) is 11.9 Å². The minimum absolute atomic E-state index is 0.0578. The molecule has 10 heteroatoms. The van der Waals surface area contributed by atoms with Crippen LogP contribution in [0.2, 0.25) is 0 Å². The highest BCUT2D eigenvalue weighted by Crippen LogP contribution is 2.30. The number of carbonyl (C=O) groups excluding carboxylic acids is 2. The zero-order valence-electron chi connectivity index (χ0n) is 19.2. The van der Waals surface area contributed by atoms with Crippen LogP contribution in [-0.4, -0.2) is 48.0 Å². The Labute approximate surface area is 207 Å². The summed E-state index contributed by atoms with van der Waals surface area (Å²) in [4.78, 5) is 38.8. The number of halogens is 1. The summed E-state index contributed by atoms with van der Waals surface area (Å²) in [5.74, 6) is 2.15. The van der Waals surface area contributed by atoms with Crippen molar-refractivity contribution in [1.82, 2.24) is 9.88 Å². The van der Waals surface area contributed by atoms with Crippen LogP contribution in [0.1, 0.15) is 12.5 Å². The van der Waals surface area contributed by atoms with Gasteiger partial charge in [-0.05, 0) is 43.3 Å². The van der Waals surface area contributed by atoms with E-state index in [1.165, 1.54) is 34.8 Å². The molecule has 9 nitrogen and oxygen atoms in total. The van der Waals surface area contributed by atoms with Gasteiger partial charge in [-0.3, -0.25) is 19.1 Å². The monoisotopic (exact) mass is 497 g/mol. The van der Waals surface area contributed by atoms with Crippen LogP contribution in [0, 0.1) is 12.3 Å². The lowest BCUT2D eigenvalue weighted by molar-refractivity contribution is -0.117. The Morgan fingerprint density at radius 3 is 2.80 bits per heavy atom. The summed E-state index contributed by atoms with van der Waals surface area (Å²) < 4.78 is 12.2. The molecule has 1 aliphatic heterocycles. The fourth-order valence-electron chi connectivity index (χ4n) is 3.41. The molecule has 0 saturated carbocycles.